The van der Waals surface area contributed by atoms with Crippen LogP contribution < -0.4 is 0 Å². The summed E-state index contributed by atoms with van der Waals surface area (Å²) in [5.74, 6) is 0.110. The minimum absolute atomic E-state index is 0.110. The van der Waals surface area contributed by atoms with E-state index in [-0.39, 0.29) is 12.0 Å². The number of hydrogen-bond donors (Lipinski definition) is 0. The number of hydrogen-bond acceptors (Lipinski definition) is 3. The summed E-state index contributed by atoms with van der Waals surface area (Å²) in [6.07, 6.45) is 4.59. The molecule has 0 saturated heterocycles. The van der Waals surface area contributed by atoms with Crippen LogP contribution >= 0.6 is 11.3 Å². The molecule has 0 radical (unpaired) electrons. The summed E-state index contributed by atoms with van der Waals surface area (Å²) in [7, 11) is 0. The van der Waals surface area contributed by atoms with Gasteiger partial charge in [0, 0.05) is 4.88 Å². The van der Waals surface area contributed by atoms with E-state index in [0.29, 0.717) is 6.61 Å². The van der Waals surface area contributed by atoms with Crippen LogP contribution in [0.3, 0.4) is 0 Å². The van der Waals surface area contributed by atoms with Gasteiger partial charge in [-0.25, -0.2) is 0 Å². The lowest BCUT2D eigenvalue weighted by Gasteiger charge is -2.26. The molecule has 0 aliphatic heterocycles. The molecule has 1 aromatic heterocycles. The Morgan fingerprint density at radius 2 is 2.33 bits per heavy atom. The molecule has 3 heteroatoms. The second kappa shape index (κ2) is 5.29. The van der Waals surface area contributed by atoms with E-state index in [2.05, 4.69) is 17.5 Å². The third kappa shape index (κ3) is 2.80. The third-order valence-corrected chi connectivity index (χ3v) is 3.74. The molecule has 0 amide bonds. The zero-order valence-electron chi connectivity index (χ0n) is 8.69. The van der Waals surface area contributed by atoms with Crippen molar-refractivity contribution in [3.8, 4) is 6.07 Å². The monoisotopic (exact) mass is 221 g/mol. The van der Waals surface area contributed by atoms with Crippen LogP contribution in [0, 0.1) is 17.2 Å². The Bertz CT molecular complexity index is 328. The van der Waals surface area contributed by atoms with Gasteiger partial charge in [0.05, 0.1) is 24.7 Å². The summed E-state index contributed by atoms with van der Waals surface area (Å²) < 4.78 is 5.82. The molecule has 1 fully saturated rings. The van der Waals surface area contributed by atoms with E-state index in [1.807, 2.05) is 6.07 Å². The minimum atomic E-state index is 0.110. The lowest BCUT2D eigenvalue weighted by atomic mass is 9.87. The van der Waals surface area contributed by atoms with E-state index in [1.165, 1.54) is 17.7 Å². The summed E-state index contributed by atoms with van der Waals surface area (Å²) in [5.41, 5.74) is 0. The zero-order valence-corrected chi connectivity index (χ0v) is 9.50. The van der Waals surface area contributed by atoms with Crippen molar-refractivity contribution in [2.75, 3.05) is 0 Å². The van der Waals surface area contributed by atoms with E-state index < -0.39 is 0 Å². The molecule has 2 rings (SSSR count). The first kappa shape index (κ1) is 10.7. The van der Waals surface area contributed by atoms with Crippen LogP contribution in [0.15, 0.2) is 17.5 Å². The molecule has 0 N–H and O–H groups in total. The maximum absolute atomic E-state index is 8.99. The fourth-order valence-corrected chi connectivity index (χ4v) is 2.65. The van der Waals surface area contributed by atoms with Gasteiger partial charge in [0.2, 0.25) is 0 Å². The molecule has 0 bridgehead atoms. The Morgan fingerprint density at radius 1 is 1.47 bits per heavy atom. The van der Waals surface area contributed by atoms with Crippen LogP contribution in [-0.2, 0) is 11.3 Å². The van der Waals surface area contributed by atoms with Crippen molar-refractivity contribution in [2.24, 2.45) is 5.92 Å². The fraction of sp³-hybridized carbons (Fsp3) is 0.583. The van der Waals surface area contributed by atoms with Gasteiger partial charge >= 0.3 is 0 Å². The molecule has 1 aromatic rings. The van der Waals surface area contributed by atoms with Gasteiger partial charge in [0.25, 0.3) is 0 Å². The largest absolute Gasteiger partial charge is 0.371 e. The van der Waals surface area contributed by atoms with Gasteiger partial charge in [0.1, 0.15) is 0 Å². The third-order valence-electron chi connectivity index (χ3n) is 2.89. The summed E-state index contributed by atoms with van der Waals surface area (Å²) >= 11 is 1.71. The summed E-state index contributed by atoms with van der Waals surface area (Å²) in [6, 6.07) is 6.47. The lowest BCUT2D eigenvalue weighted by molar-refractivity contribution is -0.00370. The average Bonchev–Trinajstić information content (AvgIpc) is 2.79. The van der Waals surface area contributed by atoms with Crippen LogP contribution in [0.25, 0.3) is 0 Å². The topological polar surface area (TPSA) is 33.0 Å². The van der Waals surface area contributed by atoms with Crippen LogP contribution in [0.5, 0.6) is 0 Å². The molecule has 2 nitrogen and oxygen atoms in total. The van der Waals surface area contributed by atoms with Crippen LogP contribution in [-0.4, -0.2) is 6.10 Å². The van der Waals surface area contributed by atoms with Gasteiger partial charge in [-0.05, 0) is 24.3 Å². The van der Waals surface area contributed by atoms with Gasteiger partial charge in [0.15, 0.2) is 0 Å². The Hall–Kier alpha value is -0.850. The molecule has 1 aliphatic carbocycles. The molecular weight excluding hydrogens is 206 g/mol. The molecule has 0 spiro atoms. The first-order valence-electron chi connectivity index (χ1n) is 5.44. The SMILES string of the molecule is N#CC1CCCCC1OCc1cccs1. The number of nitriles is 1. The molecule has 2 unspecified atom stereocenters. The second-order valence-corrected chi connectivity index (χ2v) is 4.98. The highest BCUT2D eigenvalue weighted by Gasteiger charge is 2.25. The highest BCUT2D eigenvalue weighted by Crippen LogP contribution is 2.27. The average molecular weight is 221 g/mol. The van der Waals surface area contributed by atoms with Gasteiger partial charge in [-0.3, -0.25) is 0 Å². The van der Waals surface area contributed by atoms with E-state index in [1.54, 1.807) is 11.3 Å². The smallest absolute Gasteiger partial charge is 0.0813 e. The van der Waals surface area contributed by atoms with Crippen LogP contribution in [0.1, 0.15) is 30.6 Å². The molecule has 1 aliphatic rings. The van der Waals surface area contributed by atoms with Crippen LogP contribution in [0.2, 0.25) is 0 Å². The van der Waals surface area contributed by atoms with Crippen LogP contribution in [0.4, 0.5) is 0 Å². The molecule has 2 atom stereocenters. The van der Waals surface area contributed by atoms with E-state index in [9.17, 15) is 0 Å². The van der Waals surface area contributed by atoms with Gasteiger partial charge in [-0.1, -0.05) is 18.9 Å². The summed E-state index contributed by atoms with van der Waals surface area (Å²) in [6.45, 7) is 0.667. The van der Waals surface area contributed by atoms with Crippen molar-refractivity contribution >= 4 is 11.3 Å². The van der Waals surface area contributed by atoms with Crippen molar-refractivity contribution < 1.29 is 4.74 Å². The lowest BCUT2D eigenvalue weighted by Crippen LogP contribution is -2.26. The summed E-state index contributed by atoms with van der Waals surface area (Å²) in [5, 5.41) is 11.0. The van der Waals surface area contributed by atoms with E-state index >= 15 is 0 Å². The predicted molar refractivity (Wildman–Crippen MR) is 60.5 cm³/mol. The predicted octanol–water partition coefficient (Wildman–Crippen LogP) is 3.35. The number of ether oxygens (including phenoxy) is 1. The highest BCUT2D eigenvalue weighted by molar-refractivity contribution is 7.09. The Balaban J connectivity index is 1.85. The quantitative estimate of drug-likeness (QED) is 0.784. The normalized spacial score (nSPS) is 26.1. The first-order chi connectivity index (χ1) is 7.40. The summed E-state index contributed by atoms with van der Waals surface area (Å²) in [4.78, 5) is 1.25. The van der Waals surface area contributed by atoms with Gasteiger partial charge in [-0.15, -0.1) is 11.3 Å². The van der Waals surface area contributed by atoms with Crippen molar-refractivity contribution in [1.82, 2.24) is 0 Å². The maximum atomic E-state index is 8.99. The van der Waals surface area contributed by atoms with E-state index in [4.69, 9.17) is 10.00 Å². The van der Waals surface area contributed by atoms with E-state index in [0.717, 1.165) is 12.8 Å². The molecule has 1 heterocycles. The Labute approximate surface area is 94.5 Å². The number of nitrogens with zero attached hydrogens (tertiary/aromatic N) is 1. The maximum Gasteiger partial charge on any atom is 0.0813 e. The second-order valence-electron chi connectivity index (χ2n) is 3.95. The molecule has 80 valence electrons. The minimum Gasteiger partial charge on any atom is -0.371 e. The van der Waals surface area contributed by atoms with Gasteiger partial charge < -0.3 is 4.74 Å². The van der Waals surface area contributed by atoms with Crippen molar-refractivity contribution in [1.29, 1.82) is 5.26 Å². The van der Waals surface area contributed by atoms with Crippen molar-refractivity contribution in [3.05, 3.63) is 22.4 Å². The fourth-order valence-electron chi connectivity index (χ4n) is 2.03. The first-order valence-corrected chi connectivity index (χ1v) is 6.31. The molecule has 15 heavy (non-hydrogen) atoms. The van der Waals surface area contributed by atoms with Crippen molar-refractivity contribution in [3.63, 3.8) is 0 Å². The standard InChI is InChI=1S/C12H15NOS/c13-8-10-4-1-2-6-12(10)14-9-11-5-3-7-15-11/h3,5,7,10,12H,1-2,4,6,9H2. The number of thiophene rings is 1. The molecular formula is C12H15NOS. The highest BCUT2D eigenvalue weighted by atomic mass is 32.1. The number of rotatable bonds is 3. The Morgan fingerprint density at radius 3 is 3.07 bits per heavy atom. The van der Waals surface area contributed by atoms with Crippen molar-refractivity contribution in [2.45, 2.75) is 38.4 Å². The molecule has 0 aromatic carbocycles. The molecule has 1 saturated carbocycles. The zero-order chi connectivity index (χ0) is 10.5. The van der Waals surface area contributed by atoms with Gasteiger partial charge in [-0.2, -0.15) is 5.26 Å². The Kier molecular flexibility index (Phi) is 3.76.